The monoisotopic (exact) mass is 316 g/mol. The van der Waals surface area contributed by atoms with Crippen LogP contribution >= 0.6 is 11.3 Å². The first-order valence-corrected chi connectivity index (χ1v) is 8.37. The van der Waals surface area contributed by atoms with Crippen LogP contribution < -0.4 is 0 Å². The van der Waals surface area contributed by atoms with E-state index in [4.69, 9.17) is 5.11 Å². The summed E-state index contributed by atoms with van der Waals surface area (Å²) in [4.78, 5) is 12.1. The highest BCUT2D eigenvalue weighted by atomic mass is 32.1. The number of alkyl halides is 2. The molecule has 0 bridgehead atoms. The molecular formula is C16H22F2O2S. The number of aliphatic carboxylic acids is 1. The van der Waals surface area contributed by atoms with Gasteiger partial charge in [-0.2, -0.15) is 0 Å². The van der Waals surface area contributed by atoms with Crippen LogP contribution in [0.1, 0.15) is 61.6 Å². The summed E-state index contributed by atoms with van der Waals surface area (Å²) in [6, 6.07) is 3.25. The zero-order valence-corrected chi connectivity index (χ0v) is 13.1. The number of hydrogen-bond donors (Lipinski definition) is 1. The number of thiophene rings is 1. The molecule has 0 spiro atoms. The van der Waals surface area contributed by atoms with Crippen molar-refractivity contribution in [3.63, 3.8) is 0 Å². The van der Waals surface area contributed by atoms with Crippen LogP contribution in [0.4, 0.5) is 8.78 Å². The minimum absolute atomic E-state index is 0.0784. The Morgan fingerprint density at radius 3 is 2.52 bits per heavy atom. The van der Waals surface area contributed by atoms with Crippen molar-refractivity contribution in [1.29, 1.82) is 0 Å². The van der Waals surface area contributed by atoms with Gasteiger partial charge in [-0.05, 0) is 36.8 Å². The largest absolute Gasteiger partial charge is 0.481 e. The van der Waals surface area contributed by atoms with Gasteiger partial charge in [0.05, 0.1) is 11.3 Å². The molecule has 0 radical (unpaired) electrons. The number of hydrogen-bond acceptors (Lipinski definition) is 2. The number of carbonyl (C=O) groups is 1. The molecule has 1 aliphatic carbocycles. The molecule has 1 heterocycles. The molecule has 0 aliphatic heterocycles. The lowest BCUT2D eigenvalue weighted by Crippen LogP contribution is -2.33. The summed E-state index contributed by atoms with van der Waals surface area (Å²) in [5.41, 5.74) is -0.746. The molecule has 1 fully saturated rings. The predicted molar refractivity (Wildman–Crippen MR) is 80.0 cm³/mol. The molecule has 0 saturated heterocycles. The Bertz CT molecular complexity index is 490. The molecule has 1 N–H and O–H groups in total. The molecule has 1 saturated carbocycles. The van der Waals surface area contributed by atoms with Crippen molar-refractivity contribution >= 4 is 17.3 Å². The van der Waals surface area contributed by atoms with Gasteiger partial charge in [0.2, 0.25) is 0 Å². The summed E-state index contributed by atoms with van der Waals surface area (Å²) in [5.74, 6) is -3.89. The van der Waals surface area contributed by atoms with Gasteiger partial charge in [-0.3, -0.25) is 4.79 Å². The summed E-state index contributed by atoms with van der Waals surface area (Å²) < 4.78 is 29.2. The SMILES string of the molecule is CCc1ccc(C(F)(F)CC2(CC(=O)O)CCCCC2)s1. The van der Waals surface area contributed by atoms with Crippen molar-refractivity contribution in [2.45, 2.75) is 64.2 Å². The third kappa shape index (κ3) is 4.02. The molecule has 0 aromatic carbocycles. The van der Waals surface area contributed by atoms with Gasteiger partial charge in [0.25, 0.3) is 5.92 Å². The number of aryl methyl sites for hydroxylation is 1. The minimum atomic E-state index is -2.93. The molecule has 1 aliphatic rings. The molecule has 2 rings (SSSR count). The van der Waals surface area contributed by atoms with E-state index in [1.54, 1.807) is 6.07 Å². The van der Waals surface area contributed by atoms with Gasteiger partial charge >= 0.3 is 5.97 Å². The second-order valence-corrected chi connectivity index (χ2v) is 7.30. The average molecular weight is 316 g/mol. The van der Waals surface area contributed by atoms with Gasteiger partial charge in [-0.1, -0.05) is 26.2 Å². The fraction of sp³-hybridized carbons (Fsp3) is 0.688. The van der Waals surface area contributed by atoms with E-state index in [0.29, 0.717) is 12.8 Å². The Morgan fingerprint density at radius 2 is 2.00 bits per heavy atom. The highest BCUT2D eigenvalue weighted by molar-refractivity contribution is 7.12. The van der Waals surface area contributed by atoms with E-state index in [-0.39, 0.29) is 17.7 Å². The van der Waals surface area contributed by atoms with Crippen molar-refractivity contribution in [1.82, 2.24) is 0 Å². The lowest BCUT2D eigenvalue weighted by molar-refractivity contribution is -0.143. The molecular weight excluding hydrogens is 294 g/mol. The fourth-order valence-electron chi connectivity index (χ4n) is 3.36. The summed E-state index contributed by atoms with van der Waals surface area (Å²) in [6.45, 7) is 1.95. The minimum Gasteiger partial charge on any atom is -0.481 e. The van der Waals surface area contributed by atoms with E-state index >= 15 is 0 Å². The van der Waals surface area contributed by atoms with Crippen molar-refractivity contribution in [2.75, 3.05) is 0 Å². The summed E-state index contributed by atoms with van der Waals surface area (Å²) in [5, 5.41) is 9.10. The van der Waals surface area contributed by atoms with Crippen LogP contribution in [0.2, 0.25) is 0 Å². The fourth-order valence-corrected chi connectivity index (χ4v) is 4.28. The average Bonchev–Trinajstić information content (AvgIpc) is 2.87. The maximum Gasteiger partial charge on any atom is 0.303 e. The molecule has 0 unspecified atom stereocenters. The predicted octanol–water partition coefficient (Wildman–Crippen LogP) is 5.22. The van der Waals surface area contributed by atoms with E-state index in [2.05, 4.69) is 0 Å². The second kappa shape index (κ2) is 6.42. The van der Waals surface area contributed by atoms with E-state index in [1.165, 1.54) is 6.07 Å². The number of rotatable bonds is 6. The Hall–Kier alpha value is -0.970. The van der Waals surface area contributed by atoms with Crippen molar-refractivity contribution in [2.24, 2.45) is 5.41 Å². The molecule has 1 aromatic heterocycles. The molecule has 21 heavy (non-hydrogen) atoms. The summed E-state index contributed by atoms with van der Waals surface area (Å²) >= 11 is 1.15. The topological polar surface area (TPSA) is 37.3 Å². The van der Waals surface area contributed by atoms with E-state index in [1.807, 2.05) is 6.92 Å². The van der Waals surface area contributed by atoms with Crippen molar-refractivity contribution in [3.05, 3.63) is 21.9 Å². The first-order chi connectivity index (χ1) is 9.87. The van der Waals surface area contributed by atoms with E-state index in [0.717, 1.165) is 41.9 Å². The van der Waals surface area contributed by atoms with Crippen LogP contribution in [0.15, 0.2) is 12.1 Å². The van der Waals surface area contributed by atoms with E-state index in [9.17, 15) is 13.6 Å². The van der Waals surface area contributed by atoms with Crippen LogP contribution in [0, 0.1) is 5.41 Å². The van der Waals surface area contributed by atoms with Gasteiger partial charge in [0.1, 0.15) is 0 Å². The molecule has 5 heteroatoms. The Morgan fingerprint density at radius 1 is 1.33 bits per heavy atom. The van der Waals surface area contributed by atoms with Gasteiger partial charge in [0.15, 0.2) is 0 Å². The maximum absolute atomic E-state index is 14.6. The first kappa shape index (κ1) is 16.4. The Kier molecular flexibility index (Phi) is 5.02. The molecule has 2 nitrogen and oxygen atoms in total. The zero-order valence-electron chi connectivity index (χ0n) is 12.3. The van der Waals surface area contributed by atoms with Crippen LogP contribution in [-0.2, 0) is 17.1 Å². The van der Waals surface area contributed by atoms with E-state index < -0.39 is 17.3 Å². The van der Waals surface area contributed by atoms with Gasteiger partial charge in [-0.25, -0.2) is 8.78 Å². The third-order valence-corrected chi connectivity index (χ3v) is 5.75. The summed E-state index contributed by atoms with van der Waals surface area (Å²) in [7, 11) is 0. The highest BCUT2D eigenvalue weighted by Gasteiger charge is 2.45. The molecule has 0 atom stereocenters. The molecule has 0 amide bonds. The number of carboxylic acid groups (broad SMARTS) is 1. The van der Waals surface area contributed by atoms with Gasteiger partial charge in [0, 0.05) is 11.3 Å². The lowest BCUT2D eigenvalue weighted by Gasteiger charge is -2.38. The Labute approximate surface area is 128 Å². The maximum atomic E-state index is 14.6. The van der Waals surface area contributed by atoms with Crippen LogP contribution in [0.3, 0.4) is 0 Å². The standard InChI is InChI=1S/C16H22F2O2S/c1-2-12-6-7-13(21-12)16(17,18)11-15(10-14(19)20)8-4-3-5-9-15/h6-7H,2-5,8-11H2,1H3,(H,19,20). The second-order valence-electron chi connectivity index (χ2n) is 6.13. The van der Waals surface area contributed by atoms with Crippen molar-refractivity contribution in [3.8, 4) is 0 Å². The quantitative estimate of drug-likeness (QED) is 0.781. The zero-order chi connectivity index (χ0) is 15.5. The highest BCUT2D eigenvalue weighted by Crippen LogP contribution is 2.50. The summed E-state index contributed by atoms with van der Waals surface area (Å²) in [6.07, 6.45) is 4.20. The van der Waals surface area contributed by atoms with Gasteiger partial charge < -0.3 is 5.11 Å². The molecule has 118 valence electrons. The van der Waals surface area contributed by atoms with Crippen LogP contribution in [0.5, 0.6) is 0 Å². The van der Waals surface area contributed by atoms with Crippen LogP contribution in [-0.4, -0.2) is 11.1 Å². The smallest absolute Gasteiger partial charge is 0.303 e. The molecule has 1 aromatic rings. The van der Waals surface area contributed by atoms with Gasteiger partial charge in [-0.15, -0.1) is 11.3 Å². The van der Waals surface area contributed by atoms with Crippen LogP contribution in [0.25, 0.3) is 0 Å². The van der Waals surface area contributed by atoms with Crippen molar-refractivity contribution < 1.29 is 18.7 Å². The number of carboxylic acids is 1. The normalized spacial score (nSPS) is 18.6. The number of halogens is 2. The first-order valence-electron chi connectivity index (χ1n) is 7.56. The third-order valence-electron chi connectivity index (χ3n) is 4.41. The Balaban J connectivity index is 2.19. The lowest BCUT2D eigenvalue weighted by atomic mass is 9.68.